The van der Waals surface area contributed by atoms with Crippen LogP contribution in [0.5, 0.6) is 0 Å². The molecule has 0 aliphatic heterocycles. The molecule has 0 amide bonds. The zero-order valence-electron chi connectivity index (χ0n) is 8.74. The molecule has 0 unspecified atom stereocenters. The van der Waals surface area contributed by atoms with E-state index in [-0.39, 0.29) is 15.9 Å². The molecule has 0 radical (unpaired) electrons. The number of aromatic nitrogens is 2. The molecule has 0 atom stereocenters. The molecule has 0 saturated carbocycles. The summed E-state index contributed by atoms with van der Waals surface area (Å²) in [5.41, 5.74) is 10.5. The van der Waals surface area contributed by atoms with Gasteiger partial charge in [-0.1, -0.05) is 12.1 Å². The fourth-order valence-corrected chi connectivity index (χ4v) is 0.752. The molecule has 0 aliphatic rings. The van der Waals surface area contributed by atoms with Crippen molar-refractivity contribution in [3.63, 3.8) is 0 Å². The molecule has 0 spiro atoms. The fourth-order valence-electron chi connectivity index (χ4n) is 0.752. The predicted octanol–water partition coefficient (Wildman–Crippen LogP) is 2.70. The van der Waals surface area contributed by atoms with E-state index >= 15 is 0 Å². The van der Waals surface area contributed by atoms with E-state index in [4.69, 9.17) is 30.5 Å². The van der Waals surface area contributed by atoms with Crippen molar-refractivity contribution in [2.24, 2.45) is 0 Å². The molecule has 96 valence electrons. The second-order valence-corrected chi connectivity index (χ2v) is 4.91. The van der Waals surface area contributed by atoms with Crippen molar-refractivity contribution in [1.82, 2.24) is 9.97 Å². The molecule has 2 rings (SSSR count). The summed E-state index contributed by atoms with van der Waals surface area (Å²) in [4.78, 5) is 7.51. The van der Waals surface area contributed by atoms with Gasteiger partial charge in [0.1, 0.15) is 11.6 Å². The summed E-state index contributed by atoms with van der Waals surface area (Å²) in [7, 11) is 9.63. The Hall–Kier alpha value is -0.858. The zero-order chi connectivity index (χ0) is 12.9. The number of pyridine rings is 2. The van der Waals surface area contributed by atoms with Crippen molar-refractivity contribution < 1.29 is 15.9 Å². The summed E-state index contributed by atoms with van der Waals surface area (Å²) >= 11 is -0.106. The maximum absolute atomic E-state index is 5.25. The first kappa shape index (κ1) is 16.1. The van der Waals surface area contributed by atoms with Crippen LogP contribution in [0.1, 0.15) is 0 Å². The van der Waals surface area contributed by atoms with Crippen LogP contribution in [0.2, 0.25) is 0 Å². The summed E-state index contributed by atoms with van der Waals surface area (Å²) in [6, 6.07) is 10.9. The molecule has 7 heteroatoms. The van der Waals surface area contributed by atoms with E-state index in [1.54, 1.807) is 24.5 Å². The maximum atomic E-state index is 5.25. The van der Waals surface area contributed by atoms with E-state index in [0.717, 1.165) is 0 Å². The van der Waals surface area contributed by atoms with Crippen LogP contribution >= 0.6 is 19.1 Å². The molecule has 0 aromatic carbocycles. The molecule has 0 bridgehead atoms. The van der Waals surface area contributed by atoms with E-state index in [2.05, 4.69) is 9.97 Å². The third-order valence-corrected chi connectivity index (χ3v) is 1.38. The molecule has 17 heavy (non-hydrogen) atoms. The minimum atomic E-state index is -0.106. The van der Waals surface area contributed by atoms with Gasteiger partial charge in [-0.25, -0.2) is 9.97 Å². The van der Waals surface area contributed by atoms with Gasteiger partial charge in [-0.3, -0.25) is 0 Å². The van der Waals surface area contributed by atoms with Crippen molar-refractivity contribution in [1.29, 1.82) is 0 Å². The number of halogens is 2. The Morgan fingerprint density at radius 1 is 0.824 bits per heavy atom. The summed E-state index contributed by atoms with van der Waals surface area (Å²) in [5.74, 6) is 1.14. The molecule has 2 aromatic rings. The van der Waals surface area contributed by atoms with Crippen LogP contribution in [0.25, 0.3) is 0 Å². The van der Waals surface area contributed by atoms with Gasteiger partial charge in [-0.15, -0.1) is 0 Å². The van der Waals surface area contributed by atoms with Crippen LogP contribution in [0.15, 0.2) is 48.8 Å². The summed E-state index contributed by atoms with van der Waals surface area (Å²) in [6.07, 6.45) is 3.32. The van der Waals surface area contributed by atoms with E-state index in [9.17, 15) is 0 Å². The SMILES string of the molecule is Nc1ccccn1.Nc1ccccn1.[Cl][Pd][Cl]. The van der Waals surface area contributed by atoms with Crippen LogP contribution in [-0.4, -0.2) is 9.97 Å². The van der Waals surface area contributed by atoms with Gasteiger partial charge >= 0.3 is 35.0 Å². The van der Waals surface area contributed by atoms with E-state index in [1.165, 1.54) is 0 Å². The number of nitrogens with two attached hydrogens (primary N) is 2. The topological polar surface area (TPSA) is 77.8 Å². The monoisotopic (exact) mass is 364 g/mol. The first-order valence-electron chi connectivity index (χ1n) is 4.36. The molecular formula is C10H12Cl2N4Pd. The number of hydrogen-bond acceptors (Lipinski definition) is 4. The Balaban J connectivity index is 0.000000247. The fraction of sp³-hybridized carbons (Fsp3) is 0. The van der Waals surface area contributed by atoms with Crippen LogP contribution in [0, 0.1) is 0 Å². The Morgan fingerprint density at radius 2 is 1.18 bits per heavy atom. The number of nitrogen functional groups attached to an aromatic ring is 2. The number of anilines is 2. The second-order valence-electron chi connectivity index (χ2n) is 2.55. The van der Waals surface area contributed by atoms with Gasteiger partial charge in [0.15, 0.2) is 0 Å². The van der Waals surface area contributed by atoms with Gasteiger partial charge in [-0.05, 0) is 24.3 Å². The first-order chi connectivity index (χ1) is 8.20. The van der Waals surface area contributed by atoms with Gasteiger partial charge in [0.25, 0.3) is 0 Å². The number of rotatable bonds is 0. The van der Waals surface area contributed by atoms with Gasteiger partial charge in [0, 0.05) is 12.4 Å². The first-order valence-corrected chi connectivity index (χ1v) is 8.36. The van der Waals surface area contributed by atoms with Crippen LogP contribution in [0.3, 0.4) is 0 Å². The molecule has 4 nitrogen and oxygen atoms in total. The van der Waals surface area contributed by atoms with Crippen LogP contribution in [-0.2, 0) is 15.9 Å². The average Bonchev–Trinajstić information content (AvgIpc) is 2.33. The third-order valence-electron chi connectivity index (χ3n) is 1.38. The molecular weight excluding hydrogens is 353 g/mol. The molecule has 0 fully saturated rings. The average molecular weight is 366 g/mol. The Bertz CT molecular complexity index is 337. The minimum absolute atomic E-state index is 0.106. The zero-order valence-corrected chi connectivity index (χ0v) is 11.8. The predicted molar refractivity (Wildman–Crippen MR) is 69.0 cm³/mol. The van der Waals surface area contributed by atoms with Crippen molar-refractivity contribution in [2.75, 3.05) is 11.5 Å². The standard InChI is InChI=1S/2C5H6N2.2ClH.Pd/c2*6-5-3-1-2-4-7-5;;;/h2*1-4H,(H2,6,7);2*1H;/q;;;;+2/p-2. The Labute approximate surface area is 116 Å². The molecule has 0 aliphatic carbocycles. The number of hydrogen-bond donors (Lipinski definition) is 2. The third kappa shape index (κ3) is 11.4. The summed E-state index contributed by atoms with van der Waals surface area (Å²) in [5, 5.41) is 0. The van der Waals surface area contributed by atoms with Crippen molar-refractivity contribution in [2.45, 2.75) is 0 Å². The van der Waals surface area contributed by atoms with E-state index in [1.807, 2.05) is 24.3 Å². The van der Waals surface area contributed by atoms with Crippen molar-refractivity contribution >= 4 is 30.7 Å². The Kier molecular flexibility index (Phi) is 11.0. The molecule has 4 N–H and O–H groups in total. The van der Waals surface area contributed by atoms with Crippen LogP contribution in [0.4, 0.5) is 11.6 Å². The summed E-state index contributed by atoms with van der Waals surface area (Å²) < 4.78 is 0. The normalized spacial score (nSPS) is 8.35. The molecule has 2 aromatic heterocycles. The quantitative estimate of drug-likeness (QED) is 0.704. The van der Waals surface area contributed by atoms with Gasteiger partial charge < -0.3 is 11.5 Å². The van der Waals surface area contributed by atoms with E-state index in [0.29, 0.717) is 11.6 Å². The second kappa shape index (κ2) is 11.6. The Morgan fingerprint density at radius 3 is 1.29 bits per heavy atom. The summed E-state index contributed by atoms with van der Waals surface area (Å²) in [6.45, 7) is 0. The van der Waals surface area contributed by atoms with Gasteiger partial charge in [0.2, 0.25) is 0 Å². The van der Waals surface area contributed by atoms with Crippen molar-refractivity contribution in [3.05, 3.63) is 48.8 Å². The van der Waals surface area contributed by atoms with Gasteiger partial charge in [-0.2, -0.15) is 0 Å². The van der Waals surface area contributed by atoms with E-state index < -0.39 is 0 Å². The number of nitrogens with zero attached hydrogens (tertiary/aromatic N) is 2. The van der Waals surface area contributed by atoms with Gasteiger partial charge in [0.05, 0.1) is 0 Å². The van der Waals surface area contributed by atoms with Crippen molar-refractivity contribution in [3.8, 4) is 0 Å². The molecule has 0 saturated heterocycles. The molecule has 2 heterocycles. The van der Waals surface area contributed by atoms with Crippen LogP contribution < -0.4 is 11.5 Å².